The molecule has 4 aromatic rings. The Labute approximate surface area is 155 Å². The fourth-order valence-corrected chi connectivity index (χ4v) is 2.86. The summed E-state index contributed by atoms with van der Waals surface area (Å²) in [5.41, 5.74) is 2.56. The summed E-state index contributed by atoms with van der Waals surface area (Å²) < 4.78 is 3.10. The average Bonchev–Trinajstić information content (AvgIpc) is 3.32. The molecular weight excluding hydrogens is 342 g/mol. The molecule has 0 spiro atoms. The van der Waals surface area contributed by atoms with Gasteiger partial charge in [-0.2, -0.15) is 14.6 Å². The van der Waals surface area contributed by atoms with E-state index in [1.807, 2.05) is 47.3 Å². The number of rotatable bonds is 7. The molecule has 27 heavy (non-hydrogen) atoms. The molecule has 0 radical (unpaired) electrons. The minimum atomic E-state index is -0.177. The number of aromatic amines is 1. The predicted octanol–water partition coefficient (Wildman–Crippen LogP) is 2.56. The molecule has 0 aliphatic carbocycles. The molecule has 8 heteroatoms. The lowest BCUT2D eigenvalue weighted by Crippen LogP contribution is -2.15. The summed E-state index contributed by atoms with van der Waals surface area (Å²) in [5, 5.41) is 11.9. The number of aryl methyl sites for hydroxylation is 1. The van der Waals surface area contributed by atoms with E-state index in [2.05, 4.69) is 32.4 Å². The molecule has 0 saturated heterocycles. The Balaban J connectivity index is 1.48. The van der Waals surface area contributed by atoms with Gasteiger partial charge in [-0.25, -0.2) is 4.68 Å². The van der Waals surface area contributed by atoms with Crippen molar-refractivity contribution in [2.24, 2.45) is 0 Å². The summed E-state index contributed by atoms with van der Waals surface area (Å²) in [6.07, 6.45) is 4.83. The number of unbranched alkanes of at least 4 members (excludes halogenated alkanes) is 1. The highest BCUT2D eigenvalue weighted by Crippen LogP contribution is 2.09. The van der Waals surface area contributed by atoms with Crippen LogP contribution in [0.2, 0.25) is 0 Å². The summed E-state index contributed by atoms with van der Waals surface area (Å²) in [6.45, 7) is 2.59. The van der Waals surface area contributed by atoms with Gasteiger partial charge in [0.1, 0.15) is 0 Å². The molecule has 0 saturated carbocycles. The topological polar surface area (TPSA) is 92.9 Å². The van der Waals surface area contributed by atoms with Crippen LogP contribution in [0.1, 0.15) is 31.2 Å². The zero-order valence-electron chi connectivity index (χ0n) is 15.1. The molecule has 1 aromatic carbocycles. The van der Waals surface area contributed by atoms with Crippen LogP contribution >= 0.6 is 0 Å². The summed E-state index contributed by atoms with van der Waals surface area (Å²) in [5.74, 6) is 0.844. The number of hydrogen-bond donors (Lipinski definition) is 2. The highest BCUT2D eigenvalue weighted by atomic mass is 16.1. The van der Waals surface area contributed by atoms with Crippen LogP contribution < -0.4 is 10.9 Å². The number of benzene rings is 1. The van der Waals surface area contributed by atoms with Crippen molar-refractivity contribution in [1.82, 2.24) is 29.4 Å². The van der Waals surface area contributed by atoms with Crippen molar-refractivity contribution in [3.63, 3.8) is 0 Å². The van der Waals surface area contributed by atoms with Gasteiger partial charge in [-0.15, -0.1) is 5.10 Å². The zero-order chi connectivity index (χ0) is 18.6. The fourth-order valence-electron chi connectivity index (χ4n) is 2.86. The largest absolute Gasteiger partial charge is 0.347 e. The second-order valence-electron chi connectivity index (χ2n) is 6.35. The number of anilines is 1. The lowest BCUT2D eigenvalue weighted by Gasteiger charge is -2.00. The lowest BCUT2D eigenvalue weighted by molar-refractivity contribution is 0.766. The SMILES string of the molecule is CCCCc1cc(=O)n2nc(NCc3ccn(-c4ccccc4)n3)nc2[nH]1. The van der Waals surface area contributed by atoms with Gasteiger partial charge in [0, 0.05) is 18.0 Å². The van der Waals surface area contributed by atoms with Crippen molar-refractivity contribution >= 4 is 11.7 Å². The molecule has 0 atom stereocenters. The van der Waals surface area contributed by atoms with E-state index in [1.165, 1.54) is 4.52 Å². The molecule has 0 unspecified atom stereocenters. The van der Waals surface area contributed by atoms with Crippen molar-refractivity contribution in [1.29, 1.82) is 0 Å². The van der Waals surface area contributed by atoms with Gasteiger partial charge in [0.2, 0.25) is 11.7 Å². The number of para-hydroxylation sites is 1. The molecule has 0 bridgehead atoms. The van der Waals surface area contributed by atoms with Gasteiger partial charge in [0.25, 0.3) is 5.56 Å². The molecule has 138 valence electrons. The molecule has 0 aliphatic heterocycles. The maximum absolute atomic E-state index is 12.2. The van der Waals surface area contributed by atoms with Gasteiger partial charge in [0.15, 0.2) is 0 Å². The van der Waals surface area contributed by atoms with Crippen LogP contribution in [0.5, 0.6) is 0 Å². The van der Waals surface area contributed by atoms with Crippen LogP contribution in [0, 0.1) is 0 Å². The van der Waals surface area contributed by atoms with Crippen molar-refractivity contribution in [2.45, 2.75) is 32.7 Å². The van der Waals surface area contributed by atoms with E-state index < -0.39 is 0 Å². The third kappa shape index (κ3) is 3.74. The standard InChI is InChI=1S/C19H21N7O/c1-2-3-7-14-12-17(27)26-19(21-14)22-18(24-26)20-13-15-10-11-25(23-15)16-8-5-4-6-9-16/h4-6,8-12H,2-3,7,13H2,1H3,(H2,20,21,22,24). The van der Waals surface area contributed by atoms with Crippen molar-refractivity contribution < 1.29 is 0 Å². The lowest BCUT2D eigenvalue weighted by atomic mass is 10.2. The Kier molecular flexibility index (Phi) is 4.69. The number of fused-ring (bicyclic) bond motifs is 1. The molecule has 3 heterocycles. The fraction of sp³-hybridized carbons (Fsp3) is 0.263. The molecule has 4 rings (SSSR count). The summed E-state index contributed by atoms with van der Waals surface area (Å²) in [7, 11) is 0. The summed E-state index contributed by atoms with van der Waals surface area (Å²) in [6, 6.07) is 13.4. The highest BCUT2D eigenvalue weighted by molar-refractivity contribution is 5.37. The van der Waals surface area contributed by atoms with Crippen molar-refractivity contribution in [3.05, 3.63) is 70.4 Å². The molecule has 0 fully saturated rings. The van der Waals surface area contributed by atoms with Gasteiger partial charge >= 0.3 is 0 Å². The van der Waals surface area contributed by atoms with E-state index in [0.717, 1.165) is 36.3 Å². The molecule has 3 aromatic heterocycles. The Morgan fingerprint density at radius 1 is 1.15 bits per heavy atom. The van der Waals surface area contributed by atoms with Crippen LogP contribution in [0.4, 0.5) is 5.95 Å². The van der Waals surface area contributed by atoms with Crippen LogP contribution in [-0.2, 0) is 13.0 Å². The van der Waals surface area contributed by atoms with Gasteiger partial charge < -0.3 is 10.3 Å². The average molecular weight is 363 g/mol. The van der Waals surface area contributed by atoms with Gasteiger partial charge in [-0.05, 0) is 31.0 Å². The highest BCUT2D eigenvalue weighted by Gasteiger charge is 2.09. The van der Waals surface area contributed by atoms with Crippen molar-refractivity contribution in [3.8, 4) is 5.69 Å². The molecule has 2 N–H and O–H groups in total. The Bertz CT molecular complexity index is 1090. The van der Waals surface area contributed by atoms with Crippen LogP contribution in [0.3, 0.4) is 0 Å². The predicted molar refractivity (Wildman–Crippen MR) is 103 cm³/mol. The van der Waals surface area contributed by atoms with E-state index in [4.69, 9.17) is 0 Å². The van der Waals surface area contributed by atoms with Gasteiger partial charge in [-0.3, -0.25) is 4.79 Å². The maximum atomic E-state index is 12.2. The Morgan fingerprint density at radius 2 is 2.00 bits per heavy atom. The minimum absolute atomic E-state index is 0.177. The van der Waals surface area contributed by atoms with Crippen LogP contribution in [-0.4, -0.2) is 29.4 Å². The van der Waals surface area contributed by atoms with Crippen LogP contribution in [0.25, 0.3) is 11.5 Å². The van der Waals surface area contributed by atoms with Crippen LogP contribution in [0.15, 0.2) is 53.5 Å². The van der Waals surface area contributed by atoms with Crippen molar-refractivity contribution in [2.75, 3.05) is 5.32 Å². The second-order valence-corrected chi connectivity index (χ2v) is 6.35. The summed E-state index contributed by atoms with van der Waals surface area (Å²) in [4.78, 5) is 19.8. The first-order valence-electron chi connectivity index (χ1n) is 9.06. The maximum Gasteiger partial charge on any atom is 0.275 e. The molecule has 0 aliphatic rings. The van der Waals surface area contributed by atoms with E-state index in [-0.39, 0.29) is 5.56 Å². The number of nitrogens with zero attached hydrogens (tertiary/aromatic N) is 5. The van der Waals surface area contributed by atoms with E-state index in [9.17, 15) is 4.79 Å². The third-order valence-electron chi connectivity index (χ3n) is 4.28. The quantitative estimate of drug-likeness (QED) is 0.526. The molecule has 8 nitrogen and oxygen atoms in total. The minimum Gasteiger partial charge on any atom is -0.347 e. The Morgan fingerprint density at radius 3 is 2.81 bits per heavy atom. The summed E-state index contributed by atoms with van der Waals surface area (Å²) >= 11 is 0. The first-order chi connectivity index (χ1) is 13.2. The van der Waals surface area contributed by atoms with E-state index in [0.29, 0.717) is 18.3 Å². The normalized spacial score (nSPS) is 11.1. The zero-order valence-corrected chi connectivity index (χ0v) is 15.1. The second kappa shape index (κ2) is 7.45. The Hall–Kier alpha value is -3.42. The number of hydrogen-bond acceptors (Lipinski definition) is 5. The van der Waals surface area contributed by atoms with Gasteiger partial charge in [-0.1, -0.05) is 31.5 Å². The number of aromatic nitrogens is 6. The number of nitrogens with one attached hydrogen (secondary N) is 2. The first-order valence-corrected chi connectivity index (χ1v) is 9.06. The molecule has 0 amide bonds. The first kappa shape index (κ1) is 17.0. The third-order valence-corrected chi connectivity index (χ3v) is 4.28. The van der Waals surface area contributed by atoms with E-state index in [1.54, 1.807) is 6.07 Å². The molecular formula is C19H21N7O. The number of H-pyrrole nitrogens is 1. The monoisotopic (exact) mass is 363 g/mol. The van der Waals surface area contributed by atoms with Gasteiger partial charge in [0.05, 0.1) is 17.9 Å². The van der Waals surface area contributed by atoms with E-state index >= 15 is 0 Å². The smallest absolute Gasteiger partial charge is 0.275 e.